The molecule has 2 atom stereocenters. The van der Waals surface area contributed by atoms with Crippen LogP contribution in [0.25, 0.3) is 0 Å². The molecule has 0 amide bonds. The van der Waals surface area contributed by atoms with Crippen LogP contribution in [-0.4, -0.2) is 16.9 Å². The van der Waals surface area contributed by atoms with Crippen molar-refractivity contribution in [1.82, 2.24) is 0 Å². The van der Waals surface area contributed by atoms with E-state index in [0.717, 1.165) is 38.5 Å². The fourth-order valence-corrected chi connectivity index (χ4v) is 3.70. The Morgan fingerprint density at radius 2 is 1.47 bits per heavy atom. The Morgan fingerprint density at radius 3 is 2.06 bits per heavy atom. The molecule has 0 aromatic rings. The molecule has 2 rings (SSSR count). The lowest BCUT2D eigenvalue weighted by Crippen LogP contribution is -2.55. The van der Waals surface area contributed by atoms with Crippen LogP contribution >= 0.6 is 0 Å². The Balaban J connectivity index is 2.16. The van der Waals surface area contributed by atoms with Crippen molar-refractivity contribution in [3.05, 3.63) is 0 Å². The summed E-state index contributed by atoms with van der Waals surface area (Å²) < 4.78 is 39.2. The van der Waals surface area contributed by atoms with Crippen molar-refractivity contribution in [1.29, 1.82) is 0 Å². The van der Waals surface area contributed by atoms with Gasteiger partial charge in [0.2, 0.25) is 0 Å². The molecule has 0 aromatic carbocycles. The van der Waals surface area contributed by atoms with Crippen LogP contribution in [0.4, 0.5) is 13.2 Å². The molecule has 0 aliphatic heterocycles. The quantitative estimate of drug-likeness (QED) is 0.744. The van der Waals surface area contributed by atoms with E-state index in [4.69, 9.17) is 0 Å². The van der Waals surface area contributed by atoms with Crippen molar-refractivity contribution in [3.8, 4) is 0 Å². The van der Waals surface area contributed by atoms with Crippen LogP contribution in [0.3, 0.4) is 0 Å². The van der Waals surface area contributed by atoms with Gasteiger partial charge < -0.3 is 5.11 Å². The van der Waals surface area contributed by atoms with E-state index in [-0.39, 0.29) is 12.3 Å². The van der Waals surface area contributed by atoms with Gasteiger partial charge in [0.25, 0.3) is 0 Å². The van der Waals surface area contributed by atoms with E-state index in [1.807, 2.05) is 0 Å². The lowest BCUT2D eigenvalue weighted by atomic mass is 9.65. The van der Waals surface area contributed by atoms with E-state index in [1.165, 1.54) is 0 Å². The largest absolute Gasteiger partial charge is 0.417 e. The third-order valence-corrected chi connectivity index (χ3v) is 4.65. The van der Waals surface area contributed by atoms with Crippen LogP contribution in [-0.2, 0) is 0 Å². The normalized spacial score (nSPS) is 37.1. The van der Waals surface area contributed by atoms with E-state index in [2.05, 4.69) is 0 Å². The molecule has 17 heavy (non-hydrogen) atoms. The molecule has 0 aromatic heterocycles. The maximum Gasteiger partial charge on any atom is 0.417 e. The summed E-state index contributed by atoms with van der Waals surface area (Å²) in [6.07, 6.45) is 2.22. The van der Waals surface area contributed by atoms with Crippen molar-refractivity contribution in [2.45, 2.75) is 69.6 Å². The maximum atomic E-state index is 13.1. The minimum Gasteiger partial charge on any atom is -0.380 e. The van der Waals surface area contributed by atoms with E-state index >= 15 is 0 Å². The second kappa shape index (κ2) is 4.79. The first-order chi connectivity index (χ1) is 7.95. The van der Waals surface area contributed by atoms with Gasteiger partial charge in [-0.1, -0.05) is 44.9 Å². The lowest BCUT2D eigenvalue weighted by Gasteiger charge is -2.45. The first-order valence-corrected chi connectivity index (χ1v) is 6.74. The monoisotopic (exact) mass is 250 g/mol. The van der Waals surface area contributed by atoms with Crippen LogP contribution in [0.2, 0.25) is 0 Å². The van der Waals surface area contributed by atoms with Crippen molar-refractivity contribution in [2.75, 3.05) is 0 Å². The number of alkyl halides is 3. The number of hydrogen-bond donors (Lipinski definition) is 1. The molecule has 2 aliphatic carbocycles. The third-order valence-electron chi connectivity index (χ3n) is 4.65. The van der Waals surface area contributed by atoms with Gasteiger partial charge >= 0.3 is 6.18 Å². The smallest absolute Gasteiger partial charge is 0.380 e. The van der Waals surface area contributed by atoms with E-state index in [0.29, 0.717) is 12.8 Å². The second-order valence-electron chi connectivity index (χ2n) is 5.67. The SMILES string of the molecule is OC1(C(F)(F)F)CCCCC1C1CCCCC1. The Kier molecular flexibility index (Phi) is 3.71. The van der Waals surface area contributed by atoms with E-state index in [9.17, 15) is 18.3 Å². The Morgan fingerprint density at radius 1 is 0.882 bits per heavy atom. The van der Waals surface area contributed by atoms with Crippen LogP contribution in [0, 0.1) is 11.8 Å². The van der Waals surface area contributed by atoms with Gasteiger partial charge in [-0.3, -0.25) is 0 Å². The van der Waals surface area contributed by atoms with Crippen LogP contribution in [0.15, 0.2) is 0 Å². The molecular weight excluding hydrogens is 229 g/mol. The highest BCUT2D eigenvalue weighted by molar-refractivity contribution is 4.98. The highest BCUT2D eigenvalue weighted by Gasteiger charge is 2.60. The molecule has 2 aliphatic rings. The summed E-state index contributed by atoms with van der Waals surface area (Å²) in [7, 11) is 0. The highest BCUT2D eigenvalue weighted by Crippen LogP contribution is 2.50. The summed E-state index contributed by atoms with van der Waals surface area (Å²) in [6.45, 7) is 0. The van der Waals surface area contributed by atoms with Gasteiger partial charge in [0.15, 0.2) is 5.60 Å². The van der Waals surface area contributed by atoms with Crippen LogP contribution in [0.5, 0.6) is 0 Å². The second-order valence-corrected chi connectivity index (χ2v) is 5.67. The zero-order valence-electron chi connectivity index (χ0n) is 10.1. The van der Waals surface area contributed by atoms with E-state index < -0.39 is 17.7 Å². The zero-order chi connectivity index (χ0) is 12.5. The molecule has 2 unspecified atom stereocenters. The van der Waals surface area contributed by atoms with Gasteiger partial charge in [-0.2, -0.15) is 13.2 Å². The summed E-state index contributed by atoms with van der Waals surface area (Å²) in [6, 6.07) is 0. The number of hydrogen-bond acceptors (Lipinski definition) is 1. The first kappa shape index (κ1) is 13.2. The van der Waals surface area contributed by atoms with Crippen LogP contribution < -0.4 is 0 Å². The van der Waals surface area contributed by atoms with Crippen molar-refractivity contribution < 1.29 is 18.3 Å². The van der Waals surface area contributed by atoms with Gasteiger partial charge in [0.05, 0.1) is 0 Å². The minimum atomic E-state index is -4.46. The minimum absolute atomic E-state index is 0.0793. The van der Waals surface area contributed by atoms with Gasteiger partial charge in [-0.15, -0.1) is 0 Å². The molecule has 100 valence electrons. The molecule has 0 radical (unpaired) electrons. The summed E-state index contributed by atoms with van der Waals surface area (Å²) >= 11 is 0. The van der Waals surface area contributed by atoms with Crippen molar-refractivity contribution in [2.24, 2.45) is 11.8 Å². The number of halogens is 3. The molecule has 0 spiro atoms. The molecule has 0 heterocycles. The summed E-state index contributed by atoms with van der Waals surface area (Å²) in [5.41, 5.74) is -2.41. The number of aliphatic hydroxyl groups is 1. The molecule has 0 bridgehead atoms. The highest BCUT2D eigenvalue weighted by atomic mass is 19.4. The van der Waals surface area contributed by atoms with E-state index in [1.54, 1.807) is 0 Å². The molecule has 4 heteroatoms. The fraction of sp³-hybridized carbons (Fsp3) is 1.00. The average Bonchev–Trinajstić information content (AvgIpc) is 2.29. The van der Waals surface area contributed by atoms with Gasteiger partial charge in [0, 0.05) is 0 Å². The first-order valence-electron chi connectivity index (χ1n) is 6.74. The fourth-order valence-electron chi connectivity index (χ4n) is 3.70. The third kappa shape index (κ3) is 2.47. The summed E-state index contributed by atoms with van der Waals surface area (Å²) in [5, 5.41) is 10.1. The Bertz CT molecular complexity index is 258. The Labute approximate surface area is 100 Å². The van der Waals surface area contributed by atoms with Crippen molar-refractivity contribution in [3.63, 3.8) is 0 Å². The topological polar surface area (TPSA) is 20.2 Å². The Hall–Kier alpha value is -0.250. The average molecular weight is 250 g/mol. The zero-order valence-corrected chi connectivity index (χ0v) is 10.1. The number of rotatable bonds is 1. The van der Waals surface area contributed by atoms with Gasteiger partial charge in [0.1, 0.15) is 0 Å². The predicted octanol–water partition coefficient (Wildman–Crippen LogP) is 4.05. The van der Waals surface area contributed by atoms with Gasteiger partial charge in [-0.05, 0) is 24.7 Å². The van der Waals surface area contributed by atoms with Crippen LogP contribution in [0.1, 0.15) is 57.8 Å². The maximum absolute atomic E-state index is 13.1. The lowest BCUT2D eigenvalue weighted by molar-refractivity contribution is -0.295. The standard InChI is InChI=1S/C13H21F3O/c14-13(15,16)12(17)9-5-4-8-11(12)10-6-2-1-3-7-10/h10-11,17H,1-9H2. The molecular formula is C13H21F3O. The summed E-state index contributed by atoms with van der Waals surface area (Å²) in [4.78, 5) is 0. The molecule has 2 fully saturated rings. The van der Waals surface area contributed by atoms with Gasteiger partial charge in [-0.25, -0.2) is 0 Å². The molecule has 0 saturated heterocycles. The molecule has 1 nitrogen and oxygen atoms in total. The molecule has 1 N–H and O–H groups in total. The van der Waals surface area contributed by atoms with Crippen molar-refractivity contribution >= 4 is 0 Å². The molecule has 2 saturated carbocycles. The predicted molar refractivity (Wildman–Crippen MR) is 59.5 cm³/mol. The summed E-state index contributed by atoms with van der Waals surface area (Å²) in [5.74, 6) is -0.479.